The third kappa shape index (κ3) is 3.18. The van der Waals surface area contributed by atoms with Gasteiger partial charge >= 0.3 is 0 Å². The van der Waals surface area contributed by atoms with Crippen LogP contribution in [0.5, 0.6) is 0 Å². The molecule has 108 valence electrons. The van der Waals surface area contributed by atoms with Crippen molar-refractivity contribution in [3.05, 3.63) is 35.4 Å². The lowest BCUT2D eigenvalue weighted by molar-refractivity contribution is 0.0600. The number of piperidine rings is 1. The Bertz CT molecular complexity index is 502. The first-order valence-electron chi connectivity index (χ1n) is 7.14. The molecule has 0 aromatic heterocycles. The molecule has 0 atom stereocenters. The maximum Gasteiger partial charge on any atom is 0.253 e. The molecule has 0 aliphatic carbocycles. The minimum Gasteiger partial charge on any atom is -0.389 e. The Morgan fingerprint density at radius 1 is 1.25 bits per heavy atom. The molecule has 1 amide bonds. The summed E-state index contributed by atoms with van der Waals surface area (Å²) in [5.74, 6) is 0.109. The molecule has 0 radical (unpaired) electrons. The van der Waals surface area contributed by atoms with Crippen molar-refractivity contribution in [2.75, 3.05) is 13.1 Å². The highest BCUT2D eigenvalue weighted by molar-refractivity contribution is 7.80. The summed E-state index contributed by atoms with van der Waals surface area (Å²) in [6.45, 7) is 6.23. The van der Waals surface area contributed by atoms with Gasteiger partial charge < -0.3 is 10.6 Å². The van der Waals surface area contributed by atoms with E-state index in [9.17, 15) is 4.79 Å². The third-order valence-electron chi connectivity index (χ3n) is 4.53. The summed E-state index contributed by atoms with van der Waals surface area (Å²) in [4.78, 5) is 14.8. The number of benzene rings is 1. The zero-order chi connectivity index (χ0) is 14.8. The number of hydrogen-bond donors (Lipinski definition) is 1. The maximum absolute atomic E-state index is 12.4. The van der Waals surface area contributed by atoms with E-state index in [1.165, 1.54) is 6.42 Å². The summed E-state index contributed by atoms with van der Waals surface area (Å²) >= 11 is 4.92. The van der Waals surface area contributed by atoms with Gasteiger partial charge in [-0.05, 0) is 30.4 Å². The lowest BCUT2D eigenvalue weighted by atomic mass is 9.78. The van der Waals surface area contributed by atoms with E-state index in [0.29, 0.717) is 16.0 Å². The number of nitrogens with two attached hydrogens (primary N) is 1. The van der Waals surface area contributed by atoms with Crippen LogP contribution in [0.2, 0.25) is 0 Å². The minimum absolute atomic E-state index is 0.109. The lowest BCUT2D eigenvalue weighted by Gasteiger charge is -2.39. The molecule has 2 N–H and O–H groups in total. The molecule has 20 heavy (non-hydrogen) atoms. The van der Waals surface area contributed by atoms with Crippen LogP contribution in [0.1, 0.15) is 49.0 Å². The Balaban J connectivity index is 2.03. The molecule has 1 saturated heterocycles. The van der Waals surface area contributed by atoms with Gasteiger partial charge in [0.15, 0.2) is 0 Å². The molecule has 2 rings (SSSR count). The van der Waals surface area contributed by atoms with Crippen molar-refractivity contribution in [1.29, 1.82) is 0 Å². The largest absolute Gasteiger partial charge is 0.389 e. The number of hydrogen-bond acceptors (Lipinski definition) is 2. The van der Waals surface area contributed by atoms with Crippen molar-refractivity contribution >= 4 is 23.1 Å². The first-order valence-corrected chi connectivity index (χ1v) is 7.55. The molecule has 1 aliphatic rings. The van der Waals surface area contributed by atoms with E-state index in [0.717, 1.165) is 31.5 Å². The fourth-order valence-corrected chi connectivity index (χ4v) is 2.70. The highest BCUT2D eigenvalue weighted by atomic mass is 32.1. The highest BCUT2D eigenvalue weighted by Crippen LogP contribution is 2.34. The average molecular weight is 290 g/mol. The van der Waals surface area contributed by atoms with E-state index in [4.69, 9.17) is 18.0 Å². The second kappa shape index (κ2) is 5.92. The number of carbonyl (C=O) groups is 1. The number of thiocarbonyl (C=S) groups is 1. The van der Waals surface area contributed by atoms with Crippen LogP contribution in [0.15, 0.2) is 24.3 Å². The molecule has 1 heterocycles. The molecule has 1 aliphatic heterocycles. The van der Waals surface area contributed by atoms with Gasteiger partial charge in [0.2, 0.25) is 0 Å². The summed E-state index contributed by atoms with van der Waals surface area (Å²) in [5.41, 5.74) is 7.47. The monoisotopic (exact) mass is 290 g/mol. The molecule has 1 aromatic carbocycles. The molecule has 1 aromatic rings. The van der Waals surface area contributed by atoms with E-state index < -0.39 is 0 Å². The Kier molecular flexibility index (Phi) is 4.43. The van der Waals surface area contributed by atoms with Crippen molar-refractivity contribution in [2.45, 2.75) is 33.1 Å². The van der Waals surface area contributed by atoms with Gasteiger partial charge in [0.1, 0.15) is 4.99 Å². The molecule has 0 saturated carbocycles. The number of nitrogens with zero attached hydrogens (tertiary/aromatic N) is 1. The number of likely N-dealkylation sites (tertiary alicyclic amines) is 1. The van der Waals surface area contributed by atoms with Crippen LogP contribution in [0.25, 0.3) is 0 Å². The van der Waals surface area contributed by atoms with Crippen LogP contribution in [-0.4, -0.2) is 28.9 Å². The van der Waals surface area contributed by atoms with E-state index in [1.54, 1.807) is 0 Å². The zero-order valence-corrected chi connectivity index (χ0v) is 13.0. The first kappa shape index (κ1) is 15.0. The molecule has 1 fully saturated rings. The SMILES string of the molecule is CCC1(C)CCN(C(=O)c2ccc(C(N)=S)cc2)CC1. The van der Waals surface area contributed by atoms with E-state index >= 15 is 0 Å². The van der Waals surface area contributed by atoms with Crippen LogP contribution >= 0.6 is 12.2 Å². The van der Waals surface area contributed by atoms with Crippen molar-refractivity contribution < 1.29 is 4.79 Å². The van der Waals surface area contributed by atoms with Gasteiger partial charge in [-0.15, -0.1) is 0 Å². The number of carbonyl (C=O) groups excluding carboxylic acids is 1. The van der Waals surface area contributed by atoms with Gasteiger partial charge in [-0.25, -0.2) is 0 Å². The first-order chi connectivity index (χ1) is 9.45. The molecule has 0 bridgehead atoms. The normalized spacial score (nSPS) is 17.8. The van der Waals surface area contributed by atoms with Crippen LogP contribution in [0.4, 0.5) is 0 Å². The summed E-state index contributed by atoms with van der Waals surface area (Å²) in [5, 5.41) is 0. The van der Waals surface area contributed by atoms with Crippen LogP contribution < -0.4 is 5.73 Å². The topological polar surface area (TPSA) is 46.3 Å². The molecule has 0 unspecified atom stereocenters. The van der Waals surface area contributed by atoms with Crippen LogP contribution in [0, 0.1) is 5.41 Å². The molecule has 4 heteroatoms. The fourth-order valence-electron chi connectivity index (χ4n) is 2.56. The van der Waals surface area contributed by atoms with Gasteiger partial charge in [0, 0.05) is 24.2 Å². The summed E-state index contributed by atoms with van der Waals surface area (Å²) in [6, 6.07) is 7.25. The van der Waals surface area contributed by atoms with Crippen molar-refractivity contribution in [2.24, 2.45) is 11.1 Å². The highest BCUT2D eigenvalue weighted by Gasteiger charge is 2.30. The number of rotatable bonds is 3. The van der Waals surface area contributed by atoms with Crippen molar-refractivity contribution in [1.82, 2.24) is 4.90 Å². The predicted octanol–water partition coefficient (Wildman–Crippen LogP) is 2.97. The summed E-state index contributed by atoms with van der Waals surface area (Å²) < 4.78 is 0. The van der Waals surface area contributed by atoms with Crippen molar-refractivity contribution in [3.63, 3.8) is 0 Å². The zero-order valence-electron chi connectivity index (χ0n) is 12.2. The quantitative estimate of drug-likeness (QED) is 0.871. The molecular weight excluding hydrogens is 268 g/mol. The summed E-state index contributed by atoms with van der Waals surface area (Å²) in [6.07, 6.45) is 3.35. The van der Waals surface area contributed by atoms with Crippen molar-refractivity contribution in [3.8, 4) is 0 Å². The maximum atomic E-state index is 12.4. The van der Waals surface area contributed by atoms with Gasteiger partial charge in [0.25, 0.3) is 5.91 Å². The summed E-state index contributed by atoms with van der Waals surface area (Å²) in [7, 11) is 0. The molecular formula is C16H22N2OS. The van der Waals surface area contributed by atoms with Gasteiger partial charge in [0.05, 0.1) is 0 Å². The Morgan fingerprint density at radius 2 is 1.75 bits per heavy atom. The second-order valence-corrected chi connectivity index (χ2v) is 6.34. The third-order valence-corrected chi connectivity index (χ3v) is 4.76. The van der Waals surface area contributed by atoms with Gasteiger partial charge in [-0.1, -0.05) is 44.6 Å². The predicted molar refractivity (Wildman–Crippen MR) is 85.9 cm³/mol. The minimum atomic E-state index is 0.109. The standard InChI is InChI=1S/C16H22N2OS/c1-3-16(2)8-10-18(11-9-16)15(19)13-6-4-12(5-7-13)14(17)20/h4-7H,3,8-11H2,1-2H3,(H2,17,20). The van der Waals surface area contributed by atoms with E-state index in [-0.39, 0.29) is 5.91 Å². The average Bonchev–Trinajstić information content (AvgIpc) is 2.47. The number of amides is 1. The molecule has 0 spiro atoms. The van der Waals surface area contributed by atoms with Crippen LogP contribution in [0.3, 0.4) is 0 Å². The smallest absolute Gasteiger partial charge is 0.253 e. The second-order valence-electron chi connectivity index (χ2n) is 5.90. The lowest BCUT2D eigenvalue weighted by Crippen LogP contribution is -2.41. The van der Waals surface area contributed by atoms with Gasteiger partial charge in [-0.3, -0.25) is 4.79 Å². The Morgan fingerprint density at radius 3 is 2.20 bits per heavy atom. The Labute approximate surface area is 126 Å². The molecule has 3 nitrogen and oxygen atoms in total. The fraction of sp³-hybridized carbons (Fsp3) is 0.500. The van der Waals surface area contributed by atoms with Crippen LogP contribution in [-0.2, 0) is 0 Å². The van der Waals surface area contributed by atoms with E-state index in [2.05, 4.69) is 13.8 Å². The van der Waals surface area contributed by atoms with E-state index in [1.807, 2.05) is 29.2 Å². The van der Waals surface area contributed by atoms with Gasteiger partial charge in [-0.2, -0.15) is 0 Å². The Hall–Kier alpha value is -1.42.